The molecule has 0 saturated heterocycles. The summed E-state index contributed by atoms with van der Waals surface area (Å²) in [6.45, 7) is 4.46. The summed E-state index contributed by atoms with van der Waals surface area (Å²) in [6.07, 6.45) is 0. The van der Waals surface area contributed by atoms with Gasteiger partial charge in [0.05, 0.1) is 16.8 Å². The van der Waals surface area contributed by atoms with Crippen LogP contribution < -0.4 is 4.90 Å². The Kier molecular flexibility index (Phi) is 5.58. The van der Waals surface area contributed by atoms with Crippen molar-refractivity contribution in [1.29, 1.82) is 0 Å². The number of carbonyl (C=O) groups excluding carboxylic acids is 1. The van der Waals surface area contributed by atoms with Crippen LogP contribution in [0.25, 0.3) is 0 Å². The Morgan fingerprint density at radius 3 is 1.51 bits per heavy atom. The first-order chi connectivity index (χ1) is 21.0. The Morgan fingerprint density at radius 2 is 0.930 bits per heavy atom. The third-order valence-corrected chi connectivity index (χ3v) is 9.54. The number of para-hydroxylation sites is 2. The molecule has 0 N–H and O–H groups in total. The maximum absolute atomic E-state index is 13.7. The molecule has 0 spiro atoms. The van der Waals surface area contributed by atoms with Crippen LogP contribution in [0.5, 0.6) is 0 Å². The molecule has 1 aliphatic heterocycles. The molecule has 1 aliphatic carbocycles. The lowest BCUT2D eigenvalue weighted by atomic mass is 9.62. The normalized spacial score (nSPS) is 15.6. The number of nitrogens with zero attached hydrogens (tertiary/aromatic N) is 1. The van der Waals surface area contributed by atoms with E-state index in [0.29, 0.717) is 0 Å². The highest BCUT2D eigenvalue weighted by Gasteiger charge is 2.46. The Bertz CT molecular complexity index is 1930. The monoisotopic (exact) mass is 553 g/mol. The van der Waals surface area contributed by atoms with E-state index in [-0.39, 0.29) is 11.2 Å². The van der Waals surface area contributed by atoms with Gasteiger partial charge < -0.3 is 4.90 Å². The number of carbonyl (C=O) groups is 1. The number of hydrogen-bond donors (Lipinski definition) is 0. The third kappa shape index (κ3) is 3.50. The lowest BCUT2D eigenvalue weighted by Crippen LogP contribution is -2.38. The molecule has 0 amide bonds. The molecule has 2 nitrogen and oxygen atoms in total. The zero-order valence-electron chi connectivity index (χ0n) is 24.3. The summed E-state index contributed by atoms with van der Waals surface area (Å²) in [5.74, 6) is 0.100. The molecule has 0 saturated carbocycles. The third-order valence-electron chi connectivity index (χ3n) is 9.54. The lowest BCUT2D eigenvalue weighted by Gasteiger charge is -2.46. The molecule has 0 aromatic heterocycles. The number of benzene rings is 6. The summed E-state index contributed by atoms with van der Waals surface area (Å²) in [4.78, 5) is 16.1. The van der Waals surface area contributed by atoms with E-state index in [2.05, 4.69) is 146 Å². The zero-order chi connectivity index (χ0) is 29.2. The van der Waals surface area contributed by atoms with Gasteiger partial charge in [-0.25, -0.2) is 0 Å². The van der Waals surface area contributed by atoms with Gasteiger partial charge in [-0.05, 0) is 63.7 Å². The molecule has 0 radical (unpaired) electrons. The molecule has 2 aliphatic rings. The highest BCUT2D eigenvalue weighted by Crippen LogP contribution is 2.58. The van der Waals surface area contributed by atoms with Crippen LogP contribution in [0.15, 0.2) is 152 Å². The smallest absolute Gasteiger partial charge is 0.193 e. The van der Waals surface area contributed by atoms with E-state index in [1.54, 1.807) is 0 Å². The van der Waals surface area contributed by atoms with Crippen molar-refractivity contribution in [2.45, 2.75) is 24.7 Å². The van der Waals surface area contributed by atoms with Crippen molar-refractivity contribution in [2.24, 2.45) is 0 Å². The van der Waals surface area contributed by atoms with Gasteiger partial charge in [-0.1, -0.05) is 135 Å². The van der Waals surface area contributed by atoms with Crippen molar-refractivity contribution < 1.29 is 4.79 Å². The van der Waals surface area contributed by atoms with Gasteiger partial charge in [-0.15, -0.1) is 0 Å². The topological polar surface area (TPSA) is 20.3 Å². The number of hydrogen-bond acceptors (Lipinski definition) is 2. The second-order valence-electron chi connectivity index (χ2n) is 12.1. The Hall–Kier alpha value is -5.21. The van der Waals surface area contributed by atoms with E-state index in [0.717, 1.165) is 39.3 Å². The molecule has 43 heavy (non-hydrogen) atoms. The molecule has 0 fully saturated rings. The first-order valence-electron chi connectivity index (χ1n) is 14.9. The molecule has 0 bridgehead atoms. The van der Waals surface area contributed by atoms with Gasteiger partial charge in [-0.2, -0.15) is 0 Å². The largest absolute Gasteiger partial charge is 0.310 e. The Morgan fingerprint density at radius 1 is 0.465 bits per heavy atom. The predicted molar refractivity (Wildman–Crippen MR) is 175 cm³/mol. The van der Waals surface area contributed by atoms with Crippen molar-refractivity contribution >= 4 is 22.8 Å². The van der Waals surface area contributed by atoms with Crippen molar-refractivity contribution in [2.75, 3.05) is 4.90 Å². The molecule has 8 rings (SSSR count). The van der Waals surface area contributed by atoms with Crippen LogP contribution in [0.1, 0.15) is 63.1 Å². The maximum Gasteiger partial charge on any atom is 0.193 e. The lowest BCUT2D eigenvalue weighted by molar-refractivity contribution is 0.103. The van der Waals surface area contributed by atoms with Crippen LogP contribution in [-0.2, 0) is 10.8 Å². The fourth-order valence-electron chi connectivity index (χ4n) is 7.59. The number of fused-ring (bicyclic) bond motifs is 4. The van der Waals surface area contributed by atoms with Crippen molar-refractivity contribution in [1.82, 2.24) is 0 Å². The number of ketones is 1. The van der Waals surface area contributed by atoms with E-state index >= 15 is 0 Å². The summed E-state index contributed by atoms with van der Waals surface area (Å²) < 4.78 is 0. The maximum atomic E-state index is 13.7. The van der Waals surface area contributed by atoms with Gasteiger partial charge in [0.25, 0.3) is 0 Å². The fraction of sp³-hybridized carbons (Fsp3) is 0.0976. The molecule has 0 atom stereocenters. The van der Waals surface area contributed by atoms with E-state index in [4.69, 9.17) is 0 Å². The SMILES string of the molecule is CC1(C)c2ccccc2C(=O)c2ccc(N3c4ccccc4C(c4ccccc4)(c4ccccc4)c4ccccc43)cc21. The van der Waals surface area contributed by atoms with Gasteiger partial charge in [0.15, 0.2) is 5.78 Å². The minimum atomic E-state index is -0.505. The molecule has 6 aromatic rings. The van der Waals surface area contributed by atoms with Crippen LogP contribution in [0.4, 0.5) is 17.1 Å². The van der Waals surface area contributed by atoms with Crippen LogP contribution in [0.3, 0.4) is 0 Å². The van der Waals surface area contributed by atoms with Crippen molar-refractivity contribution in [3.63, 3.8) is 0 Å². The summed E-state index contributed by atoms with van der Waals surface area (Å²) in [5, 5.41) is 0. The van der Waals surface area contributed by atoms with Crippen molar-refractivity contribution in [3.8, 4) is 0 Å². The van der Waals surface area contributed by atoms with Crippen LogP contribution >= 0.6 is 0 Å². The summed E-state index contributed by atoms with van der Waals surface area (Å²) in [7, 11) is 0. The molecular weight excluding hydrogens is 522 g/mol. The second kappa shape index (κ2) is 9.40. The molecule has 206 valence electrons. The fourth-order valence-corrected chi connectivity index (χ4v) is 7.59. The zero-order valence-corrected chi connectivity index (χ0v) is 24.3. The van der Waals surface area contributed by atoms with Crippen LogP contribution in [-0.4, -0.2) is 5.78 Å². The van der Waals surface area contributed by atoms with Gasteiger partial charge in [0, 0.05) is 22.2 Å². The summed E-state index contributed by atoms with van der Waals surface area (Å²) in [5.41, 5.74) is 11.1. The summed E-state index contributed by atoms with van der Waals surface area (Å²) in [6, 6.07) is 53.7. The standard InChI is InChI=1S/C41H31NO/c1-40(2)33-20-10-9-19-31(33)39(43)32-26-25-30(27-36(32)40)42-37-23-13-11-21-34(37)41(28-15-5-3-6-16-28,29-17-7-4-8-18-29)35-22-12-14-24-38(35)42/h3-27H,1-2H3. The minimum absolute atomic E-state index is 0.100. The van der Waals surface area contributed by atoms with E-state index < -0.39 is 5.41 Å². The molecule has 0 unspecified atom stereocenters. The predicted octanol–water partition coefficient (Wildman–Crippen LogP) is 9.72. The van der Waals surface area contributed by atoms with Gasteiger partial charge in [0.2, 0.25) is 0 Å². The number of rotatable bonds is 3. The van der Waals surface area contributed by atoms with E-state index in [9.17, 15) is 4.79 Å². The highest BCUT2D eigenvalue weighted by molar-refractivity contribution is 6.13. The number of anilines is 3. The van der Waals surface area contributed by atoms with Crippen molar-refractivity contribution in [3.05, 3.63) is 196 Å². The molecular formula is C41H31NO. The van der Waals surface area contributed by atoms with E-state index in [1.807, 2.05) is 24.3 Å². The average molecular weight is 554 g/mol. The van der Waals surface area contributed by atoms with E-state index in [1.165, 1.54) is 22.3 Å². The first kappa shape index (κ1) is 25.5. The highest BCUT2D eigenvalue weighted by atomic mass is 16.1. The average Bonchev–Trinajstić information content (AvgIpc) is 3.07. The molecule has 1 heterocycles. The molecule has 6 aromatic carbocycles. The van der Waals surface area contributed by atoms with Crippen LogP contribution in [0.2, 0.25) is 0 Å². The van der Waals surface area contributed by atoms with Gasteiger partial charge >= 0.3 is 0 Å². The van der Waals surface area contributed by atoms with Crippen LogP contribution in [0, 0.1) is 0 Å². The van der Waals surface area contributed by atoms with Gasteiger partial charge in [-0.3, -0.25) is 4.79 Å². The Labute approximate surface area is 252 Å². The first-order valence-corrected chi connectivity index (χ1v) is 14.9. The Balaban J connectivity index is 1.42. The molecule has 2 heteroatoms. The minimum Gasteiger partial charge on any atom is -0.310 e. The second-order valence-corrected chi connectivity index (χ2v) is 12.1. The quantitative estimate of drug-likeness (QED) is 0.217. The summed E-state index contributed by atoms with van der Waals surface area (Å²) >= 11 is 0. The van der Waals surface area contributed by atoms with Gasteiger partial charge in [0.1, 0.15) is 0 Å².